The van der Waals surface area contributed by atoms with Crippen LogP contribution in [0.2, 0.25) is 0 Å². The third-order valence-corrected chi connectivity index (χ3v) is 3.66. The number of aromatic hydroxyl groups is 1. The minimum absolute atomic E-state index is 0.304. The molecule has 0 saturated heterocycles. The molecule has 1 aromatic heterocycles. The van der Waals surface area contributed by atoms with Crippen molar-refractivity contribution in [3.63, 3.8) is 0 Å². The van der Waals surface area contributed by atoms with Crippen LogP contribution >= 0.6 is 11.3 Å². The maximum absolute atomic E-state index is 9.82. The van der Waals surface area contributed by atoms with Crippen molar-refractivity contribution in [2.24, 2.45) is 0 Å². The summed E-state index contributed by atoms with van der Waals surface area (Å²) in [5, 5.41) is 10.9. The van der Waals surface area contributed by atoms with E-state index in [0.29, 0.717) is 5.75 Å². The fourth-order valence-corrected chi connectivity index (χ4v) is 2.74. The van der Waals surface area contributed by atoms with E-state index >= 15 is 0 Å². The number of para-hydroxylation sites is 1. The molecular weight excluding hydrogens is 230 g/mol. The van der Waals surface area contributed by atoms with E-state index in [-0.39, 0.29) is 0 Å². The Morgan fingerprint density at radius 2 is 1.94 bits per heavy atom. The molecule has 2 aromatic carbocycles. The summed E-state index contributed by atoms with van der Waals surface area (Å²) in [5.74, 6) is 0.304. The highest BCUT2D eigenvalue weighted by Gasteiger charge is 2.06. The van der Waals surface area contributed by atoms with Gasteiger partial charge < -0.3 is 5.11 Å². The summed E-state index contributed by atoms with van der Waals surface area (Å²) < 4.78 is 1.18. The second-order valence-corrected chi connectivity index (χ2v) is 5.17. The zero-order valence-electron chi connectivity index (χ0n) is 9.34. The molecule has 0 saturated carbocycles. The summed E-state index contributed by atoms with van der Waals surface area (Å²) in [4.78, 5) is 4.47. The van der Waals surface area contributed by atoms with Crippen molar-refractivity contribution in [3.8, 4) is 16.9 Å². The predicted octanol–water partition coefficient (Wildman–Crippen LogP) is 3.98. The van der Waals surface area contributed by atoms with Gasteiger partial charge in [-0.2, -0.15) is 0 Å². The minimum Gasteiger partial charge on any atom is -0.507 e. The Hall–Kier alpha value is -1.87. The van der Waals surface area contributed by atoms with Crippen LogP contribution in [0.1, 0.15) is 5.01 Å². The lowest BCUT2D eigenvalue weighted by molar-refractivity contribution is 0.477. The molecule has 0 atom stereocenters. The smallest absolute Gasteiger partial charge is 0.123 e. The van der Waals surface area contributed by atoms with Gasteiger partial charge in [0.2, 0.25) is 0 Å². The van der Waals surface area contributed by atoms with E-state index in [4.69, 9.17) is 0 Å². The summed E-state index contributed by atoms with van der Waals surface area (Å²) in [7, 11) is 0. The van der Waals surface area contributed by atoms with Crippen molar-refractivity contribution >= 4 is 21.6 Å². The number of rotatable bonds is 1. The quantitative estimate of drug-likeness (QED) is 0.699. The van der Waals surface area contributed by atoms with Crippen LogP contribution in [0.25, 0.3) is 21.3 Å². The average Bonchev–Trinajstić information content (AvgIpc) is 2.68. The van der Waals surface area contributed by atoms with Crippen molar-refractivity contribution in [3.05, 3.63) is 47.5 Å². The van der Waals surface area contributed by atoms with Crippen molar-refractivity contribution in [1.29, 1.82) is 0 Å². The van der Waals surface area contributed by atoms with Crippen molar-refractivity contribution < 1.29 is 5.11 Å². The Morgan fingerprint density at radius 1 is 1.12 bits per heavy atom. The third kappa shape index (κ3) is 1.78. The van der Waals surface area contributed by atoms with E-state index in [0.717, 1.165) is 21.7 Å². The molecule has 0 aliphatic rings. The third-order valence-electron chi connectivity index (χ3n) is 2.71. The average molecular weight is 241 g/mol. The molecule has 17 heavy (non-hydrogen) atoms. The monoisotopic (exact) mass is 241 g/mol. The van der Waals surface area contributed by atoms with E-state index in [1.54, 1.807) is 17.4 Å². The summed E-state index contributed by atoms with van der Waals surface area (Å²) in [6.45, 7) is 2.00. The SMILES string of the molecule is Cc1nc2cc(-c3ccccc3O)ccc2s1. The maximum Gasteiger partial charge on any atom is 0.123 e. The molecule has 3 rings (SSSR count). The lowest BCUT2D eigenvalue weighted by atomic mass is 10.0. The molecule has 0 aliphatic heterocycles. The standard InChI is InChI=1S/C14H11NOS/c1-9-15-12-8-10(6-7-14(12)17-9)11-4-2-3-5-13(11)16/h2-8,16H,1H3. The number of phenols is 1. The Bertz CT molecular complexity index is 688. The van der Waals surface area contributed by atoms with Gasteiger partial charge in [0, 0.05) is 5.56 Å². The predicted molar refractivity (Wildman–Crippen MR) is 71.5 cm³/mol. The molecule has 1 N–H and O–H groups in total. The van der Waals surface area contributed by atoms with Crippen LogP contribution < -0.4 is 0 Å². The molecule has 1 heterocycles. The lowest BCUT2D eigenvalue weighted by Crippen LogP contribution is -1.79. The molecule has 3 heteroatoms. The normalized spacial score (nSPS) is 10.9. The van der Waals surface area contributed by atoms with E-state index in [9.17, 15) is 5.11 Å². The van der Waals surface area contributed by atoms with E-state index in [1.165, 1.54) is 4.70 Å². The highest BCUT2D eigenvalue weighted by molar-refractivity contribution is 7.18. The molecule has 84 valence electrons. The van der Waals surface area contributed by atoms with Gasteiger partial charge in [0.05, 0.1) is 15.2 Å². The van der Waals surface area contributed by atoms with Crippen LogP contribution in [0.15, 0.2) is 42.5 Å². The Kier molecular flexibility index (Phi) is 2.34. The van der Waals surface area contributed by atoms with Crippen LogP contribution in [0.3, 0.4) is 0 Å². The van der Waals surface area contributed by atoms with Crippen LogP contribution in [-0.2, 0) is 0 Å². The molecular formula is C14H11NOS. The number of phenolic OH excluding ortho intramolecular Hbond substituents is 1. The number of benzene rings is 2. The van der Waals surface area contributed by atoms with E-state index in [2.05, 4.69) is 11.1 Å². The van der Waals surface area contributed by atoms with Gasteiger partial charge in [-0.1, -0.05) is 24.3 Å². The minimum atomic E-state index is 0.304. The highest BCUT2D eigenvalue weighted by atomic mass is 32.1. The molecule has 0 amide bonds. The molecule has 0 fully saturated rings. The van der Waals surface area contributed by atoms with Gasteiger partial charge in [-0.3, -0.25) is 0 Å². The van der Waals surface area contributed by atoms with Crippen LogP contribution in [0, 0.1) is 6.92 Å². The summed E-state index contributed by atoms with van der Waals surface area (Å²) in [6.07, 6.45) is 0. The molecule has 0 radical (unpaired) electrons. The topological polar surface area (TPSA) is 33.1 Å². The van der Waals surface area contributed by atoms with Crippen LogP contribution in [0.5, 0.6) is 5.75 Å². The largest absolute Gasteiger partial charge is 0.507 e. The van der Waals surface area contributed by atoms with Crippen molar-refractivity contribution in [1.82, 2.24) is 4.98 Å². The van der Waals surface area contributed by atoms with E-state index in [1.807, 2.05) is 37.3 Å². The van der Waals surface area contributed by atoms with Gasteiger partial charge in [-0.15, -0.1) is 11.3 Å². The van der Waals surface area contributed by atoms with Crippen molar-refractivity contribution in [2.45, 2.75) is 6.92 Å². The summed E-state index contributed by atoms with van der Waals surface area (Å²) in [6, 6.07) is 13.5. The van der Waals surface area contributed by atoms with Gasteiger partial charge in [0.15, 0.2) is 0 Å². The molecule has 2 nitrogen and oxygen atoms in total. The summed E-state index contributed by atoms with van der Waals surface area (Å²) >= 11 is 1.69. The van der Waals surface area contributed by atoms with Gasteiger partial charge in [0.1, 0.15) is 5.75 Å². The Labute approximate surface area is 103 Å². The van der Waals surface area contributed by atoms with E-state index < -0.39 is 0 Å². The lowest BCUT2D eigenvalue weighted by Gasteiger charge is -2.03. The second-order valence-electron chi connectivity index (χ2n) is 3.93. The van der Waals surface area contributed by atoms with Gasteiger partial charge in [-0.05, 0) is 30.7 Å². The zero-order chi connectivity index (χ0) is 11.8. The van der Waals surface area contributed by atoms with Gasteiger partial charge in [0.25, 0.3) is 0 Å². The number of aryl methyl sites for hydroxylation is 1. The molecule has 3 aromatic rings. The first-order chi connectivity index (χ1) is 8.24. The van der Waals surface area contributed by atoms with Gasteiger partial charge in [-0.25, -0.2) is 4.98 Å². The number of hydrogen-bond donors (Lipinski definition) is 1. The van der Waals surface area contributed by atoms with Crippen LogP contribution in [-0.4, -0.2) is 10.1 Å². The van der Waals surface area contributed by atoms with Gasteiger partial charge >= 0.3 is 0 Å². The molecule has 0 aliphatic carbocycles. The number of aromatic nitrogens is 1. The van der Waals surface area contributed by atoms with Crippen molar-refractivity contribution in [2.75, 3.05) is 0 Å². The first-order valence-electron chi connectivity index (χ1n) is 5.39. The zero-order valence-corrected chi connectivity index (χ0v) is 10.2. The Morgan fingerprint density at radius 3 is 2.76 bits per heavy atom. The fourth-order valence-electron chi connectivity index (χ4n) is 1.93. The Balaban J connectivity index is 2.21. The number of hydrogen-bond acceptors (Lipinski definition) is 3. The first-order valence-corrected chi connectivity index (χ1v) is 6.21. The van der Waals surface area contributed by atoms with Crippen LogP contribution in [0.4, 0.5) is 0 Å². The molecule has 0 bridgehead atoms. The molecule has 0 unspecified atom stereocenters. The molecule has 0 spiro atoms. The second kappa shape index (κ2) is 3.86. The number of thiazole rings is 1. The highest BCUT2D eigenvalue weighted by Crippen LogP contribution is 2.32. The summed E-state index contributed by atoms with van der Waals surface area (Å²) in [5.41, 5.74) is 2.84. The number of nitrogens with zero attached hydrogens (tertiary/aromatic N) is 1. The maximum atomic E-state index is 9.82. The first kappa shape index (κ1) is 10.3. The fraction of sp³-hybridized carbons (Fsp3) is 0.0714. The number of fused-ring (bicyclic) bond motifs is 1.